The molecule has 2 aliphatic rings. The van der Waals surface area contributed by atoms with Gasteiger partial charge < -0.3 is 4.74 Å². The van der Waals surface area contributed by atoms with E-state index in [0.717, 1.165) is 17.5 Å². The summed E-state index contributed by atoms with van der Waals surface area (Å²) < 4.78 is 6.17. The number of hydrogen-bond acceptors (Lipinski definition) is 2. The zero-order valence-corrected chi connectivity index (χ0v) is 11.1. The van der Waals surface area contributed by atoms with Gasteiger partial charge in [0.2, 0.25) is 0 Å². The number of fused-ring (bicyclic) bond motifs is 2. The third-order valence-electron chi connectivity index (χ3n) is 3.96. The van der Waals surface area contributed by atoms with Crippen molar-refractivity contribution in [2.24, 2.45) is 5.41 Å². The summed E-state index contributed by atoms with van der Waals surface area (Å²) in [5.74, 6) is 0.0824. The number of rotatable bonds is 0. The standard InChI is InChI=1S/C16H18O2/c1-15(2,3)14-10-16(18-14)9-8-13(17)11-6-4-5-7-12(11)16/h4-9,14H,10H2,1-3H3/t14-,16?/m0/s1. The van der Waals surface area contributed by atoms with Gasteiger partial charge in [-0.1, -0.05) is 45.0 Å². The molecule has 1 aliphatic carbocycles. The smallest absolute Gasteiger partial charge is 0.186 e. The topological polar surface area (TPSA) is 26.3 Å². The molecule has 1 aliphatic heterocycles. The van der Waals surface area contributed by atoms with E-state index in [1.807, 2.05) is 30.3 Å². The Morgan fingerprint density at radius 1 is 1.28 bits per heavy atom. The van der Waals surface area contributed by atoms with Crippen molar-refractivity contribution in [3.05, 3.63) is 47.5 Å². The van der Waals surface area contributed by atoms with E-state index in [4.69, 9.17) is 4.74 Å². The van der Waals surface area contributed by atoms with E-state index in [0.29, 0.717) is 0 Å². The molecule has 2 atom stereocenters. The number of ether oxygens (including phenoxy) is 1. The Bertz CT molecular complexity index is 528. The average molecular weight is 242 g/mol. The number of benzene rings is 1. The second-order valence-electron chi connectivity index (χ2n) is 6.31. The summed E-state index contributed by atoms with van der Waals surface area (Å²) in [6, 6.07) is 7.77. The van der Waals surface area contributed by atoms with E-state index >= 15 is 0 Å². The average Bonchev–Trinajstić information content (AvgIpc) is 2.26. The van der Waals surface area contributed by atoms with Crippen LogP contribution in [0.5, 0.6) is 0 Å². The highest BCUT2D eigenvalue weighted by molar-refractivity contribution is 6.07. The van der Waals surface area contributed by atoms with Crippen LogP contribution in [0.3, 0.4) is 0 Å². The van der Waals surface area contributed by atoms with Crippen LogP contribution >= 0.6 is 0 Å². The van der Waals surface area contributed by atoms with Gasteiger partial charge in [0, 0.05) is 12.0 Å². The molecule has 1 aromatic carbocycles. The van der Waals surface area contributed by atoms with Crippen LogP contribution in [-0.4, -0.2) is 11.9 Å². The van der Waals surface area contributed by atoms with Gasteiger partial charge in [0.25, 0.3) is 0 Å². The summed E-state index contributed by atoms with van der Waals surface area (Å²) in [5, 5.41) is 0. The molecule has 1 aromatic rings. The lowest BCUT2D eigenvalue weighted by molar-refractivity contribution is -0.221. The quantitative estimate of drug-likeness (QED) is 0.696. The van der Waals surface area contributed by atoms with Crippen LogP contribution in [0, 0.1) is 5.41 Å². The van der Waals surface area contributed by atoms with Gasteiger partial charge in [-0.15, -0.1) is 0 Å². The number of carbonyl (C=O) groups is 1. The van der Waals surface area contributed by atoms with Gasteiger partial charge in [0.05, 0.1) is 6.10 Å². The van der Waals surface area contributed by atoms with Crippen molar-refractivity contribution >= 4 is 5.78 Å². The zero-order valence-electron chi connectivity index (χ0n) is 11.1. The van der Waals surface area contributed by atoms with Gasteiger partial charge in [-0.2, -0.15) is 0 Å². The van der Waals surface area contributed by atoms with Crippen LogP contribution in [-0.2, 0) is 10.3 Å². The highest BCUT2D eigenvalue weighted by atomic mass is 16.5. The predicted molar refractivity (Wildman–Crippen MR) is 70.5 cm³/mol. The number of hydrogen-bond donors (Lipinski definition) is 0. The van der Waals surface area contributed by atoms with Crippen LogP contribution in [0.25, 0.3) is 0 Å². The molecule has 0 N–H and O–H groups in total. The highest BCUT2D eigenvalue weighted by Crippen LogP contribution is 2.51. The van der Waals surface area contributed by atoms with Crippen LogP contribution < -0.4 is 0 Å². The molecule has 0 amide bonds. The SMILES string of the molecule is CC(C)(C)[C@@H]1CC2(C=CC(=O)c3ccccc32)O1. The fourth-order valence-corrected chi connectivity index (χ4v) is 2.74. The van der Waals surface area contributed by atoms with Gasteiger partial charge in [-0.05, 0) is 23.1 Å². The maximum absolute atomic E-state index is 11.8. The molecule has 1 spiro atoms. The maximum atomic E-state index is 11.8. The molecule has 0 saturated carbocycles. The molecule has 0 bridgehead atoms. The number of allylic oxidation sites excluding steroid dienone is 1. The first kappa shape index (κ1) is 11.7. The van der Waals surface area contributed by atoms with Crippen molar-refractivity contribution in [2.45, 2.75) is 38.9 Å². The molecule has 3 rings (SSSR count). The molecule has 18 heavy (non-hydrogen) atoms. The van der Waals surface area contributed by atoms with Crippen molar-refractivity contribution in [1.82, 2.24) is 0 Å². The molecular weight excluding hydrogens is 224 g/mol. The molecular formula is C16H18O2. The first-order chi connectivity index (χ1) is 8.42. The number of carbonyl (C=O) groups excluding carboxylic acids is 1. The van der Waals surface area contributed by atoms with Crippen LogP contribution in [0.1, 0.15) is 43.1 Å². The Labute approximate surface area is 108 Å². The maximum Gasteiger partial charge on any atom is 0.186 e. The molecule has 1 heterocycles. The Morgan fingerprint density at radius 3 is 2.61 bits per heavy atom. The summed E-state index contributed by atoms with van der Waals surface area (Å²) in [7, 11) is 0. The molecule has 1 unspecified atom stereocenters. The lowest BCUT2D eigenvalue weighted by Crippen LogP contribution is -2.53. The fourth-order valence-electron chi connectivity index (χ4n) is 2.74. The summed E-state index contributed by atoms with van der Waals surface area (Å²) in [6.07, 6.45) is 4.79. The minimum Gasteiger partial charge on any atom is -0.362 e. The van der Waals surface area contributed by atoms with Crippen LogP contribution in [0.2, 0.25) is 0 Å². The first-order valence-electron chi connectivity index (χ1n) is 6.43. The predicted octanol–water partition coefficient (Wildman–Crippen LogP) is 3.47. The Morgan fingerprint density at radius 2 is 1.94 bits per heavy atom. The van der Waals surface area contributed by atoms with E-state index < -0.39 is 0 Å². The van der Waals surface area contributed by atoms with E-state index in [9.17, 15) is 4.79 Å². The molecule has 94 valence electrons. The van der Waals surface area contributed by atoms with E-state index in [1.165, 1.54) is 0 Å². The molecule has 0 radical (unpaired) electrons. The van der Waals surface area contributed by atoms with Gasteiger partial charge in [0.1, 0.15) is 5.60 Å². The van der Waals surface area contributed by atoms with E-state index in [2.05, 4.69) is 20.8 Å². The third-order valence-corrected chi connectivity index (χ3v) is 3.96. The second kappa shape index (κ2) is 3.55. The Kier molecular flexibility index (Phi) is 2.30. The molecule has 1 saturated heterocycles. The van der Waals surface area contributed by atoms with Crippen molar-refractivity contribution in [1.29, 1.82) is 0 Å². The molecule has 2 heteroatoms. The van der Waals surface area contributed by atoms with Crippen molar-refractivity contribution in [2.75, 3.05) is 0 Å². The summed E-state index contributed by atoms with van der Waals surface area (Å²) in [6.45, 7) is 6.57. The fraction of sp³-hybridized carbons (Fsp3) is 0.438. The largest absolute Gasteiger partial charge is 0.362 e. The van der Waals surface area contributed by atoms with Crippen molar-refractivity contribution in [3.63, 3.8) is 0 Å². The second-order valence-corrected chi connectivity index (χ2v) is 6.31. The highest BCUT2D eigenvalue weighted by Gasteiger charge is 2.51. The first-order valence-corrected chi connectivity index (χ1v) is 6.43. The van der Waals surface area contributed by atoms with Crippen LogP contribution in [0.4, 0.5) is 0 Å². The van der Waals surface area contributed by atoms with Gasteiger partial charge in [-0.25, -0.2) is 0 Å². The Balaban J connectivity index is 1.97. The minimum atomic E-state index is -0.359. The van der Waals surface area contributed by atoms with Gasteiger partial charge in [-0.3, -0.25) is 4.79 Å². The normalized spacial score (nSPS) is 30.2. The van der Waals surface area contributed by atoms with Crippen molar-refractivity contribution < 1.29 is 9.53 Å². The van der Waals surface area contributed by atoms with E-state index in [1.54, 1.807) is 6.08 Å². The van der Waals surface area contributed by atoms with Crippen molar-refractivity contribution in [3.8, 4) is 0 Å². The summed E-state index contributed by atoms with van der Waals surface area (Å²) in [5.41, 5.74) is 1.60. The molecule has 0 aromatic heterocycles. The number of ketones is 1. The molecule has 2 nitrogen and oxygen atoms in total. The lowest BCUT2D eigenvalue weighted by atomic mass is 9.70. The van der Waals surface area contributed by atoms with Gasteiger partial charge in [0.15, 0.2) is 5.78 Å². The van der Waals surface area contributed by atoms with E-state index in [-0.39, 0.29) is 22.9 Å². The molecule has 1 fully saturated rings. The lowest BCUT2D eigenvalue weighted by Gasteiger charge is -2.52. The minimum absolute atomic E-state index is 0.0824. The van der Waals surface area contributed by atoms with Gasteiger partial charge >= 0.3 is 0 Å². The Hall–Kier alpha value is -1.41. The summed E-state index contributed by atoms with van der Waals surface area (Å²) in [4.78, 5) is 11.8. The van der Waals surface area contributed by atoms with Crippen LogP contribution in [0.15, 0.2) is 36.4 Å². The third kappa shape index (κ3) is 1.56. The summed E-state index contributed by atoms with van der Waals surface area (Å²) >= 11 is 0. The monoisotopic (exact) mass is 242 g/mol. The zero-order chi connectivity index (χ0) is 13.0.